The van der Waals surface area contributed by atoms with Gasteiger partial charge in [-0.15, -0.1) is 11.3 Å². The van der Waals surface area contributed by atoms with E-state index < -0.39 is 0 Å². The highest BCUT2D eigenvalue weighted by Crippen LogP contribution is 2.35. The minimum Gasteiger partial charge on any atom is -0.496 e. The maximum Gasteiger partial charge on any atom is 0.262 e. The highest BCUT2D eigenvalue weighted by molar-refractivity contribution is 7.18. The summed E-state index contributed by atoms with van der Waals surface area (Å²) in [6.45, 7) is 0.286. The summed E-state index contributed by atoms with van der Waals surface area (Å²) in [7, 11) is 1.64. The minimum absolute atomic E-state index is 0.0337. The van der Waals surface area contributed by atoms with E-state index in [1.807, 2.05) is 30.3 Å². The largest absolute Gasteiger partial charge is 0.496 e. The minimum atomic E-state index is -0.308. The van der Waals surface area contributed by atoms with Gasteiger partial charge >= 0.3 is 0 Å². The summed E-state index contributed by atoms with van der Waals surface area (Å²) < 4.78 is 21.0. The van der Waals surface area contributed by atoms with Crippen LogP contribution in [0.4, 0.5) is 4.39 Å². The van der Waals surface area contributed by atoms with Crippen LogP contribution < -0.4 is 10.3 Å². The average Bonchev–Trinajstić information content (AvgIpc) is 3.32. The number of hydrogen-bond donors (Lipinski definition) is 0. The Bertz CT molecular complexity index is 1310. The van der Waals surface area contributed by atoms with Crippen LogP contribution >= 0.6 is 11.3 Å². The molecule has 2 heterocycles. The Balaban J connectivity index is 1.68. The van der Waals surface area contributed by atoms with Crippen LogP contribution in [0.2, 0.25) is 0 Å². The molecule has 0 atom stereocenters. The molecule has 2 aromatic carbocycles. The normalized spacial score (nSPS) is 13.0. The average molecular weight is 421 g/mol. The molecule has 6 heteroatoms. The van der Waals surface area contributed by atoms with E-state index in [1.54, 1.807) is 29.1 Å². The van der Waals surface area contributed by atoms with Crippen molar-refractivity contribution in [2.24, 2.45) is 0 Å². The summed E-state index contributed by atoms with van der Waals surface area (Å²) in [5.41, 5.74) is 2.83. The Morgan fingerprint density at radius 1 is 1.17 bits per heavy atom. The molecular formula is C24H21FN2O2S. The molecule has 0 saturated carbocycles. The lowest BCUT2D eigenvalue weighted by atomic mass is 10.1. The summed E-state index contributed by atoms with van der Waals surface area (Å²) >= 11 is 1.64. The van der Waals surface area contributed by atoms with Crippen molar-refractivity contribution in [3.8, 4) is 5.75 Å². The molecule has 0 unspecified atom stereocenters. The number of methoxy groups -OCH3 is 1. The molecule has 0 N–H and O–H groups in total. The van der Waals surface area contributed by atoms with Gasteiger partial charge in [-0.05, 0) is 48.6 Å². The first-order chi connectivity index (χ1) is 14.6. The number of halogens is 1. The highest BCUT2D eigenvalue weighted by Gasteiger charge is 2.23. The van der Waals surface area contributed by atoms with Crippen LogP contribution in [0.15, 0.2) is 53.3 Å². The van der Waals surface area contributed by atoms with E-state index in [4.69, 9.17) is 9.72 Å². The molecule has 0 saturated heterocycles. The first kappa shape index (κ1) is 19.0. The third-order valence-electron chi connectivity index (χ3n) is 5.67. The third-order valence-corrected chi connectivity index (χ3v) is 6.86. The zero-order chi connectivity index (χ0) is 20.7. The van der Waals surface area contributed by atoms with Crippen LogP contribution in [0.25, 0.3) is 10.2 Å². The van der Waals surface area contributed by atoms with E-state index in [-0.39, 0.29) is 17.9 Å². The van der Waals surface area contributed by atoms with Crippen molar-refractivity contribution in [3.05, 3.63) is 92.1 Å². The van der Waals surface area contributed by atoms with Crippen molar-refractivity contribution < 1.29 is 9.13 Å². The van der Waals surface area contributed by atoms with Crippen molar-refractivity contribution in [1.82, 2.24) is 9.55 Å². The fourth-order valence-electron chi connectivity index (χ4n) is 4.25. The lowest BCUT2D eigenvalue weighted by molar-refractivity contribution is 0.410. The van der Waals surface area contributed by atoms with E-state index in [9.17, 15) is 9.18 Å². The summed E-state index contributed by atoms with van der Waals surface area (Å²) in [5.74, 6) is 1.12. The molecule has 0 bridgehead atoms. The second-order valence-electron chi connectivity index (χ2n) is 7.58. The summed E-state index contributed by atoms with van der Waals surface area (Å²) in [6.07, 6.45) is 3.50. The van der Waals surface area contributed by atoms with Gasteiger partial charge in [0.15, 0.2) is 0 Å². The van der Waals surface area contributed by atoms with E-state index >= 15 is 0 Å². The number of hydrogen-bond acceptors (Lipinski definition) is 4. The second kappa shape index (κ2) is 7.69. The summed E-state index contributed by atoms with van der Waals surface area (Å²) in [6, 6.07) is 14.2. The topological polar surface area (TPSA) is 44.1 Å². The number of nitrogens with zero attached hydrogens (tertiary/aromatic N) is 2. The maximum atomic E-state index is 13.8. The van der Waals surface area contributed by atoms with E-state index in [0.717, 1.165) is 51.9 Å². The Hall–Kier alpha value is -2.99. The number of para-hydroxylation sites is 1. The van der Waals surface area contributed by atoms with Crippen LogP contribution in [0.3, 0.4) is 0 Å². The van der Waals surface area contributed by atoms with Crippen molar-refractivity contribution in [2.45, 2.75) is 32.2 Å². The molecule has 0 amide bonds. The smallest absolute Gasteiger partial charge is 0.262 e. The van der Waals surface area contributed by atoms with E-state index in [0.29, 0.717) is 12.2 Å². The molecule has 152 valence electrons. The molecule has 4 nitrogen and oxygen atoms in total. The number of aryl methyl sites for hydroxylation is 2. The van der Waals surface area contributed by atoms with Crippen LogP contribution in [-0.2, 0) is 25.8 Å². The molecule has 30 heavy (non-hydrogen) atoms. The van der Waals surface area contributed by atoms with Crippen molar-refractivity contribution in [3.63, 3.8) is 0 Å². The number of aromatic nitrogens is 2. The Kier molecular flexibility index (Phi) is 4.87. The Labute approximate surface area is 177 Å². The van der Waals surface area contributed by atoms with Crippen molar-refractivity contribution in [2.75, 3.05) is 7.11 Å². The molecule has 1 aliphatic carbocycles. The molecule has 2 aromatic heterocycles. The summed E-state index contributed by atoms with van der Waals surface area (Å²) in [5, 5.41) is 0.743. The third kappa shape index (κ3) is 3.31. The number of ether oxygens (including phenoxy) is 1. The number of rotatable bonds is 5. The van der Waals surface area contributed by atoms with Crippen LogP contribution in [0, 0.1) is 5.82 Å². The standard InChI is InChI=1S/C24H21FN2O2S/c1-29-19-10-3-2-7-16(19)13-21-26-23-22(18-9-5-11-20(18)30-23)24(28)27(21)14-15-6-4-8-17(25)12-15/h2-4,6-8,10,12H,5,9,11,13-14H2,1H3. The number of thiophene rings is 1. The van der Waals surface area contributed by atoms with Gasteiger partial charge in [-0.1, -0.05) is 30.3 Å². The van der Waals surface area contributed by atoms with Gasteiger partial charge in [0.25, 0.3) is 5.56 Å². The molecule has 5 rings (SSSR count). The second-order valence-corrected chi connectivity index (χ2v) is 8.66. The zero-order valence-electron chi connectivity index (χ0n) is 16.7. The van der Waals surface area contributed by atoms with Crippen LogP contribution in [0.5, 0.6) is 5.75 Å². The number of fused-ring (bicyclic) bond motifs is 3. The molecular weight excluding hydrogens is 399 g/mol. The van der Waals surface area contributed by atoms with E-state index in [1.165, 1.54) is 17.0 Å². The van der Waals surface area contributed by atoms with Gasteiger partial charge in [0.05, 0.1) is 19.0 Å². The van der Waals surface area contributed by atoms with Gasteiger partial charge in [-0.3, -0.25) is 9.36 Å². The number of benzene rings is 2. The highest BCUT2D eigenvalue weighted by atomic mass is 32.1. The monoisotopic (exact) mass is 420 g/mol. The molecule has 0 spiro atoms. The molecule has 1 aliphatic rings. The predicted octanol–water partition coefficient (Wildman–Crippen LogP) is 4.73. The van der Waals surface area contributed by atoms with Crippen molar-refractivity contribution in [1.29, 1.82) is 0 Å². The Morgan fingerprint density at radius 3 is 2.87 bits per heavy atom. The fourth-order valence-corrected chi connectivity index (χ4v) is 5.52. The van der Waals surface area contributed by atoms with Crippen LogP contribution in [0.1, 0.15) is 33.8 Å². The lowest BCUT2D eigenvalue weighted by Crippen LogP contribution is -2.26. The SMILES string of the molecule is COc1ccccc1Cc1nc2sc3c(c2c(=O)n1Cc1cccc(F)c1)CCC3. The first-order valence-electron chi connectivity index (χ1n) is 10.0. The van der Waals surface area contributed by atoms with E-state index in [2.05, 4.69) is 0 Å². The lowest BCUT2D eigenvalue weighted by Gasteiger charge is -2.15. The van der Waals surface area contributed by atoms with Crippen molar-refractivity contribution >= 4 is 21.6 Å². The van der Waals surface area contributed by atoms with Crippen LogP contribution in [-0.4, -0.2) is 16.7 Å². The van der Waals surface area contributed by atoms with Gasteiger partial charge in [-0.2, -0.15) is 0 Å². The Morgan fingerprint density at radius 2 is 2.03 bits per heavy atom. The van der Waals surface area contributed by atoms with Gasteiger partial charge in [0.1, 0.15) is 22.2 Å². The molecule has 0 aliphatic heterocycles. The quantitative estimate of drug-likeness (QED) is 0.469. The first-order valence-corrected chi connectivity index (χ1v) is 10.9. The summed E-state index contributed by atoms with van der Waals surface area (Å²) in [4.78, 5) is 20.6. The van der Waals surface area contributed by atoms with Gasteiger partial charge in [0.2, 0.25) is 0 Å². The molecule has 0 radical (unpaired) electrons. The molecule has 4 aromatic rings. The van der Waals surface area contributed by atoms with Gasteiger partial charge in [-0.25, -0.2) is 9.37 Å². The molecule has 0 fully saturated rings. The maximum absolute atomic E-state index is 13.8. The predicted molar refractivity (Wildman–Crippen MR) is 117 cm³/mol. The van der Waals surface area contributed by atoms with Gasteiger partial charge < -0.3 is 4.74 Å². The fraction of sp³-hybridized carbons (Fsp3) is 0.250. The van der Waals surface area contributed by atoms with Gasteiger partial charge in [0, 0.05) is 16.9 Å². The zero-order valence-corrected chi connectivity index (χ0v) is 17.5.